The molecule has 17 heavy (non-hydrogen) atoms. The highest BCUT2D eigenvalue weighted by Gasteiger charge is 2.31. The van der Waals surface area contributed by atoms with Crippen LogP contribution in [0.25, 0.3) is 0 Å². The highest BCUT2D eigenvalue weighted by molar-refractivity contribution is 6.03. The van der Waals surface area contributed by atoms with E-state index in [1.54, 1.807) is 0 Å². The van der Waals surface area contributed by atoms with Crippen molar-refractivity contribution in [2.24, 2.45) is 5.10 Å². The Hall–Kier alpha value is -2.05. The quantitative estimate of drug-likeness (QED) is 0.819. The standard InChI is InChI=1S/C10H6F3N2O2/c11-10(12,13)7-3-1-2-6(4-7)8-5-17-9(16)15-14-8/h1-2,4H,5H2,(H,15,16). The normalized spacial score (nSPS) is 15.9. The number of rotatable bonds is 1. The van der Waals surface area contributed by atoms with E-state index in [9.17, 15) is 18.0 Å². The lowest BCUT2D eigenvalue weighted by Crippen LogP contribution is -2.30. The number of hydrogen-bond acceptors (Lipinski definition) is 3. The Kier molecular flexibility index (Phi) is 2.74. The number of benzene rings is 1. The summed E-state index contributed by atoms with van der Waals surface area (Å²) >= 11 is 0. The smallest absolute Gasteiger partial charge is 0.428 e. The van der Waals surface area contributed by atoms with Gasteiger partial charge in [0.05, 0.1) is 5.56 Å². The first kappa shape index (κ1) is 11.4. The average Bonchev–Trinajstić information content (AvgIpc) is 2.29. The molecule has 4 nitrogen and oxygen atoms in total. The van der Waals surface area contributed by atoms with Crippen molar-refractivity contribution in [1.29, 1.82) is 0 Å². The Balaban J connectivity index is 2.31. The molecule has 0 aromatic heterocycles. The van der Waals surface area contributed by atoms with Crippen LogP contribution in [0.15, 0.2) is 23.3 Å². The van der Waals surface area contributed by atoms with Crippen molar-refractivity contribution < 1.29 is 22.7 Å². The topological polar surface area (TPSA) is 50.7 Å². The van der Waals surface area contributed by atoms with Crippen LogP contribution < -0.4 is 5.43 Å². The minimum absolute atomic E-state index is 0.160. The molecule has 0 fully saturated rings. The first-order valence-corrected chi connectivity index (χ1v) is 4.55. The van der Waals surface area contributed by atoms with Crippen molar-refractivity contribution >= 4 is 11.8 Å². The third-order valence-electron chi connectivity index (χ3n) is 2.06. The van der Waals surface area contributed by atoms with Gasteiger partial charge in [0.1, 0.15) is 12.3 Å². The number of cyclic esters (lactones) is 1. The van der Waals surface area contributed by atoms with E-state index < -0.39 is 17.8 Å². The number of carbonyl (C=O) groups excluding carboxylic acids is 1. The van der Waals surface area contributed by atoms with Gasteiger partial charge in [0.25, 0.3) is 0 Å². The van der Waals surface area contributed by atoms with Crippen molar-refractivity contribution in [3.8, 4) is 0 Å². The molecule has 1 heterocycles. The van der Waals surface area contributed by atoms with E-state index in [1.165, 1.54) is 6.07 Å². The fourth-order valence-electron chi connectivity index (χ4n) is 1.27. The molecular formula is C10H6F3N2O2. The maximum Gasteiger partial charge on any atom is 0.428 e. The van der Waals surface area contributed by atoms with Crippen molar-refractivity contribution in [3.05, 3.63) is 35.4 Å². The van der Waals surface area contributed by atoms with Crippen molar-refractivity contribution in [2.75, 3.05) is 6.61 Å². The molecule has 0 saturated carbocycles. The molecule has 0 bridgehead atoms. The summed E-state index contributed by atoms with van der Waals surface area (Å²) in [5.41, 5.74) is 1.59. The van der Waals surface area contributed by atoms with Crippen molar-refractivity contribution in [2.45, 2.75) is 6.18 Å². The number of ether oxygens (including phenoxy) is 1. The van der Waals surface area contributed by atoms with E-state index in [1.807, 2.05) is 5.43 Å². The molecule has 2 rings (SSSR count). The summed E-state index contributed by atoms with van der Waals surface area (Å²) < 4.78 is 41.9. The first-order chi connectivity index (χ1) is 7.97. The number of alkyl halides is 3. The minimum atomic E-state index is -4.46. The zero-order valence-electron chi connectivity index (χ0n) is 8.34. The maximum atomic E-state index is 12.4. The Morgan fingerprint density at radius 3 is 2.82 bits per heavy atom. The molecule has 1 amide bonds. The fraction of sp³-hybridized carbons (Fsp3) is 0.200. The summed E-state index contributed by atoms with van der Waals surface area (Å²) in [6.07, 6.45) is -5.19. The molecular weight excluding hydrogens is 237 g/mol. The molecule has 1 radical (unpaired) electrons. The fourth-order valence-corrected chi connectivity index (χ4v) is 1.27. The van der Waals surface area contributed by atoms with Crippen LogP contribution in [0, 0.1) is 6.07 Å². The second-order valence-electron chi connectivity index (χ2n) is 3.24. The van der Waals surface area contributed by atoms with Gasteiger partial charge in [0, 0.05) is 5.56 Å². The first-order valence-electron chi connectivity index (χ1n) is 4.55. The molecule has 1 aromatic carbocycles. The zero-order chi connectivity index (χ0) is 12.5. The van der Waals surface area contributed by atoms with Crippen molar-refractivity contribution in [1.82, 2.24) is 5.43 Å². The van der Waals surface area contributed by atoms with E-state index in [0.717, 1.165) is 12.1 Å². The van der Waals surface area contributed by atoms with Crippen LogP contribution in [0.5, 0.6) is 0 Å². The van der Waals surface area contributed by atoms with Gasteiger partial charge in [-0.2, -0.15) is 18.3 Å². The lowest BCUT2D eigenvalue weighted by molar-refractivity contribution is -0.137. The predicted molar refractivity (Wildman–Crippen MR) is 51.3 cm³/mol. The van der Waals surface area contributed by atoms with Crippen LogP contribution in [-0.2, 0) is 10.9 Å². The van der Waals surface area contributed by atoms with E-state index >= 15 is 0 Å². The molecule has 0 unspecified atom stereocenters. The van der Waals surface area contributed by atoms with E-state index in [0.29, 0.717) is 0 Å². The summed E-state index contributed by atoms with van der Waals surface area (Å²) in [7, 11) is 0. The summed E-state index contributed by atoms with van der Waals surface area (Å²) in [6, 6.07) is 5.55. The molecule has 0 spiro atoms. The Morgan fingerprint density at radius 1 is 1.47 bits per heavy atom. The highest BCUT2D eigenvalue weighted by Crippen LogP contribution is 2.29. The molecule has 0 aliphatic carbocycles. The van der Waals surface area contributed by atoms with Gasteiger partial charge in [-0.05, 0) is 12.1 Å². The van der Waals surface area contributed by atoms with Gasteiger partial charge in [-0.3, -0.25) is 0 Å². The second-order valence-corrected chi connectivity index (χ2v) is 3.24. The zero-order valence-corrected chi connectivity index (χ0v) is 8.34. The number of amides is 1. The number of nitrogens with one attached hydrogen (secondary N) is 1. The minimum Gasteiger partial charge on any atom is -0.442 e. The van der Waals surface area contributed by atoms with E-state index in [-0.39, 0.29) is 17.9 Å². The Bertz CT molecular complexity index is 483. The third-order valence-corrected chi connectivity index (χ3v) is 2.06. The van der Waals surface area contributed by atoms with Gasteiger partial charge < -0.3 is 4.74 Å². The molecule has 1 N–H and O–H groups in total. The van der Waals surface area contributed by atoms with E-state index in [2.05, 4.69) is 15.9 Å². The summed E-state index contributed by atoms with van der Waals surface area (Å²) in [5.74, 6) is 0. The van der Waals surface area contributed by atoms with Gasteiger partial charge in [-0.15, -0.1) is 0 Å². The lowest BCUT2D eigenvalue weighted by Gasteiger charge is -2.14. The number of halogens is 3. The third kappa shape index (κ3) is 2.55. The van der Waals surface area contributed by atoms with Gasteiger partial charge in [0.15, 0.2) is 0 Å². The summed E-state index contributed by atoms with van der Waals surface area (Å²) in [6.45, 7) is -0.160. The Labute approximate surface area is 94.1 Å². The van der Waals surface area contributed by atoms with Crippen LogP contribution in [0.1, 0.15) is 11.1 Å². The largest absolute Gasteiger partial charge is 0.442 e. The highest BCUT2D eigenvalue weighted by atomic mass is 19.4. The predicted octanol–water partition coefficient (Wildman–Crippen LogP) is 1.95. The van der Waals surface area contributed by atoms with Crippen LogP contribution in [-0.4, -0.2) is 18.4 Å². The molecule has 1 aliphatic heterocycles. The molecule has 0 atom stereocenters. The maximum absolute atomic E-state index is 12.4. The van der Waals surface area contributed by atoms with Crippen LogP contribution in [0.4, 0.5) is 18.0 Å². The molecule has 89 valence electrons. The molecule has 7 heteroatoms. The Morgan fingerprint density at radius 2 is 2.24 bits per heavy atom. The monoisotopic (exact) mass is 243 g/mol. The molecule has 0 saturated heterocycles. The van der Waals surface area contributed by atoms with Gasteiger partial charge >= 0.3 is 12.3 Å². The number of nitrogens with zero attached hydrogens (tertiary/aromatic N) is 1. The summed E-state index contributed by atoms with van der Waals surface area (Å²) in [5, 5.41) is 3.61. The van der Waals surface area contributed by atoms with Gasteiger partial charge in [0.2, 0.25) is 0 Å². The van der Waals surface area contributed by atoms with E-state index in [4.69, 9.17) is 0 Å². The van der Waals surface area contributed by atoms with Crippen LogP contribution in [0.3, 0.4) is 0 Å². The van der Waals surface area contributed by atoms with Gasteiger partial charge in [-0.1, -0.05) is 12.1 Å². The second kappa shape index (κ2) is 4.08. The SMILES string of the molecule is O=C1NN=C(c2cc[c]c(C(F)(F)F)c2)CO1. The van der Waals surface area contributed by atoms with Crippen LogP contribution >= 0.6 is 0 Å². The average molecular weight is 243 g/mol. The summed E-state index contributed by atoms with van der Waals surface area (Å²) in [4.78, 5) is 10.6. The molecule has 1 aliphatic rings. The number of hydrogen-bond donors (Lipinski definition) is 1. The number of hydrazone groups is 1. The van der Waals surface area contributed by atoms with Gasteiger partial charge in [-0.25, -0.2) is 10.2 Å². The van der Waals surface area contributed by atoms with Crippen LogP contribution in [0.2, 0.25) is 0 Å². The lowest BCUT2D eigenvalue weighted by atomic mass is 10.1. The molecule has 1 aromatic rings. The van der Waals surface area contributed by atoms with Crippen molar-refractivity contribution in [3.63, 3.8) is 0 Å². The number of carbonyl (C=O) groups is 1.